The summed E-state index contributed by atoms with van der Waals surface area (Å²) in [7, 11) is 9.56. The summed E-state index contributed by atoms with van der Waals surface area (Å²) < 4.78 is 86.9. The quantitative estimate of drug-likeness (QED) is 0.157. The third-order valence-corrected chi connectivity index (χ3v) is 21.1. The van der Waals surface area contributed by atoms with Gasteiger partial charge in [-0.1, -0.05) is 73.6 Å². The van der Waals surface area contributed by atoms with E-state index in [4.69, 9.17) is 11.6 Å². The van der Waals surface area contributed by atoms with E-state index in [1.807, 2.05) is 13.8 Å². The number of carbonyl (C=O) groups excluding carboxylic acids is 11. The van der Waals surface area contributed by atoms with E-state index in [1.54, 1.807) is 34.6 Å². The second kappa shape index (κ2) is 34.7. The predicted molar refractivity (Wildman–Crippen MR) is 344 cm³/mol. The molecule has 0 aromatic carbocycles. The maximum atomic E-state index is 15.1. The van der Waals surface area contributed by atoms with Crippen LogP contribution in [0.25, 0.3) is 0 Å². The smallest absolute Gasteiger partial charge is 0.343 e. The van der Waals surface area contributed by atoms with Crippen LogP contribution in [0.5, 0.6) is 0 Å². The largest absolute Gasteiger partial charge is 0.522 e. The van der Waals surface area contributed by atoms with Gasteiger partial charge in [-0.2, -0.15) is 13.2 Å². The molecule has 0 aromatic heterocycles. The van der Waals surface area contributed by atoms with E-state index in [0.29, 0.717) is 32.1 Å². The Hall–Kier alpha value is -6.00. The molecule has 13 atom stereocenters. The minimum Gasteiger partial charge on any atom is -0.343 e. The first-order valence-electron chi connectivity index (χ1n) is 34.1. The third-order valence-electron chi connectivity index (χ3n) is 20.6. The van der Waals surface area contributed by atoms with Gasteiger partial charge in [0, 0.05) is 73.7 Å². The number of alkyl halides is 7. The Morgan fingerprint density at radius 2 is 1.23 bits per heavy atom. The van der Waals surface area contributed by atoms with Crippen LogP contribution < -0.4 is 16.0 Å². The fourth-order valence-electron chi connectivity index (χ4n) is 14.5. The summed E-state index contributed by atoms with van der Waals surface area (Å²) in [5.74, 6) is -11.6. The van der Waals surface area contributed by atoms with Crippen molar-refractivity contribution in [3.05, 3.63) is 0 Å². The average molecular weight is 1400 g/mol. The number of hydrogen-bond donors (Lipinski definition) is 3. The molecule has 96 heavy (non-hydrogen) atoms. The lowest BCUT2D eigenvalue weighted by atomic mass is 9.78. The Morgan fingerprint density at radius 1 is 0.615 bits per heavy atom. The summed E-state index contributed by atoms with van der Waals surface area (Å²) in [5.41, 5.74) is -1.53. The van der Waals surface area contributed by atoms with Crippen LogP contribution in [0, 0.1) is 35.5 Å². The van der Waals surface area contributed by atoms with Crippen LogP contribution in [0.3, 0.4) is 0 Å². The standard InChI is InChI=1S/C66H106ClF6N11O12/c1-15-40(6)55-61(93)79(10)36-53(87)77(8)37-54(88)82(13)50(34-43-20-18-21-44(32-43)96-66(71,72)73)60(92)78(9)35-51(85)74-47(26-24-42-23-25-45(46(67)33-42)65(68,69)70)59(91)84-29-19-22-48(84)58(90)76-64(27-16-17-28-64)63(95)83(14)56(39(4)5)62(94)80(11)41(7)31-52(86)81(12)49(30-38(2)3)57(89)75-55/h38-50,55-56H,15-37H2,1-14H3,(H,74,85)(H,75,89)(H,76,90)/t40-,41+,42?,43?,44?,45?,46?,47-,48-,49-,50-,55-,56-/m0/s1. The Bertz CT molecular complexity index is 2760. The highest BCUT2D eigenvalue weighted by Gasteiger charge is 2.51. The highest BCUT2D eigenvalue weighted by Crippen LogP contribution is 2.44. The van der Waals surface area contributed by atoms with Gasteiger partial charge in [0.15, 0.2) is 0 Å². The van der Waals surface area contributed by atoms with Crippen molar-refractivity contribution in [3.63, 3.8) is 0 Å². The van der Waals surface area contributed by atoms with Crippen LogP contribution in [-0.4, -0.2) is 252 Å². The number of nitrogens with zero attached hydrogens (tertiary/aromatic N) is 8. The number of carbonyl (C=O) groups is 11. The fourth-order valence-corrected chi connectivity index (χ4v) is 15.0. The van der Waals surface area contributed by atoms with Crippen molar-refractivity contribution in [1.82, 2.24) is 55.1 Å². The molecule has 3 N–H and O–H groups in total. The third kappa shape index (κ3) is 21.3. The number of rotatable bonds is 11. The van der Waals surface area contributed by atoms with Gasteiger partial charge < -0.3 is 55.1 Å². The van der Waals surface area contributed by atoms with Crippen LogP contribution in [-0.2, 0) is 57.5 Å². The summed E-state index contributed by atoms with van der Waals surface area (Å²) in [6, 6.07) is -8.28. The maximum absolute atomic E-state index is 15.1. The molecule has 11 amide bonds. The molecule has 3 saturated carbocycles. The van der Waals surface area contributed by atoms with Gasteiger partial charge in [-0.3, -0.25) is 57.5 Å². The zero-order valence-electron chi connectivity index (χ0n) is 58.5. The van der Waals surface area contributed by atoms with Gasteiger partial charge in [0.05, 0.1) is 31.7 Å². The van der Waals surface area contributed by atoms with Crippen molar-refractivity contribution in [1.29, 1.82) is 0 Å². The van der Waals surface area contributed by atoms with Gasteiger partial charge in [-0.25, -0.2) is 0 Å². The lowest BCUT2D eigenvalue weighted by molar-refractivity contribution is -0.346. The Labute approximate surface area is 566 Å². The molecule has 5 unspecified atom stereocenters. The van der Waals surface area contributed by atoms with Crippen LogP contribution in [0.15, 0.2) is 0 Å². The molecule has 23 nitrogen and oxygen atoms in total. The van der Waals surface area contributed by atoms with Gasteiger partial charge in [0.1, 0.15) is 41.8 Å². The molecular weight excluding hydrogens is 1290 g/mol. The Morgan fingerprint density at radius 3 is 1.81 bits per heavy atom. The number of halogens is 7. The lowest BCUT2D eigenvalue weighted by Crippen LogP contribution is -2.64. The Kier molecular flexibility index (Phi) is 29.1. The Balaban J connectivity index is 1.56. The van der Waals surface area contributed by atoms with Crippen molar-refractivity contribution in [2.45, 2.75) is 242 Å². The van der Waals surface area contributed by atoms with E-state index in [0.717, 1.165) is 19.6 Å². The molecule has 0 bridgehead atoms. The molecule has 0 radical (unpaired) electrons. The van der Waals surface area contributed by atoms with Gasteiger partial charge in [0.25, 0.3) is 0 Å². The van der Waals surface area contributed by atoms with E-state index in [1.165, 1.54) is 68.9 Å². The fraction of sp³-hybridized carbons (Fsp3) is 0.833. The maximum Gasteiger partial charge on any atom is 0.522 e. The highest BCUT2D eigenvalue weighted by atomic mass is 35.5. The van der Waals surface area contributed by atoms with E-state index in [2.05, 4.69) is 20.7 Å². The van der Waals surface area contributed by atoms with Gasteiger partial charge in [-0.05, 0) is 120 Å². The van der Waals surface area contributed by atoms with E-state index >= 15 is 9.59 Å². The first-order chi connectivity index (χ1) is 44.6. The number of likely N-dealkylation sites (N-methyl/N-ethyl adjacent to an activating group) is 7. The SMILES string of the molecule is CC[C@H](C)[C@@H]1NC(=O)[C@H](CC(C)C)N(C)C(=O)C[C@@H](C)N(C)C(=O)[C@H](C(C)C)N(C)C(=O)C2(CCCC2)NC(=O)[C@@H]2CCCN2C(=O)[C@H](CCC2CCC(C(F)(F)F)C(Cl)C2)NC(=O)CN(C)C(=O)[C@H](CC2CCCC(OC(F)(F)F)C2)N(C)C(=O)CN(C)C(=O)CN(C)C1=O. The van der Waals surface area contributed by atoms with Crippen molar-refractivity contribution in [3.8, 4) is 0 Å². The topological polar surface area (TPSA) is 259 Å². The molecule has 0 aromatic rings. The predicted octanol–water partition coefficient (Wildman–Crippen LogP) is 6.08. The van der Waals surface area contributed by atoms with Crippen molar-refractivity contribution in [2.24, 2.45) is 35.5 Å². The first kappa shape index (κ1) is 80.7. The summed E-state index contributed by atoms with van der Waals surface area (Å²) in [6.07, 6.45) is -8.56. The normalized spacial score (nSPS) is 30.4. The van der Waals surface area contributed by atoms with Crippen molar-refractivity contribution >= 4 is 76.6 Å². The lowest BCUT2D eigenvalue weighted by Gasteiger charge is -2.41. The minimum absolute atomic E-state index is 0.0215. The summed E-state index contributed by atoms with van der Waals surface area (Å²) in [4.78, 5) is 170. The first-order valence-corrected chi connectivity index (χ1v) is 34.5. The van der Waals surface area contributed by atoms with E-state index in [-0.39, 0.29) is 102 Å². The number of fused-ring (bicyclic) bond motifs is 1. The average Bonchev–Trinajstić information content (AvgIpc) is 1.59. The molecule has 546 valence electrons. The van der Waals surface area contributed by atoms with Gasteiger partial charge >= 0.3 is 12.5 Å². The second-order valence-electron chi connectivity index (χ2n) is 28.8. The number of ether oxygens (including phenoxy) is 1. The molecule has 5 rings (SSSR count). The van der Waals surface area contributed by atoms with Crippen LogP contribution in [0.4, 0.5) is 26.3 Å². The van der Waals surface area contributed by atoms with Crippen LogP contribution >= 0.6 is 11.6 Å². The van der Waals surface area contributed by atoms with Crippen LogP contribution in [0.1, 0.15) is 170 Å². The number of nitrogens with one attached hydrogen (secondary N) is 3. The molecule has 2 saturated heterocycles. The summed E-state index contributed by atoms with van der Waals surface area (Å²) in [6.45, 7) is 10.4. The van der Waals surface area contributed by atoms with Crippen molar-refractivity contribution < 1.29 is 83.8 Å². The number of amides is 11. The van der Waals surface area contributed by atoms with Gasteiger partial charge in [-0.15, -0.1) is 24.8 Å². The monoisotopic (exact) mass is 1390 g/mol. The van der Waals surface area contributed by atoms with E-state index < -0.39 is 186 Å². The minimum atomic E-state index is -4.96. The molecule has 2 heterocycles. The summed E-state index contributed by atoms with van der Waals surface area (Å²) in [5, 5.41) is 7.30. The zero-order chi connectivity index (χ0) is 72.2. The molecule has 5 fully saturated rings. The molecule has 3 aliphatic carbocycles. The number of hydrogen-bond acceptors (Lipinski definition) is 12. The molecule has 30 heteroatoms. The molecule has 5 aliphatic rings. The zero-order valence-corrected chi connectivity index (χ0v) is 59.3. The molecular formula is C66H106ClF6N11O12. The highest BCUT2D eigenvalue weighted by molar-refractivity contribution is 6.20. The van der Waals surface area contributed by atoms with E-state index in [9.17, 15) is 69.5 Å². The summed E-state index contributed by atoms with van der Waals surface area (Å²) >= 11 is 6.35. The van der Waals surface area contributed by atoms with Crippen molar-refractivity contribution in [2.75, 3.05) is 75.5 Å². The second-order valence-corrected chi connectivity index (χ2v) is 29.3. The molecule has 2 aliphatic heterocycles. The van der Waals surface area contributed by atoms with Gasteiger partial charge in [0.2, 0.25) is 65.0 Å². The molecule has 1 spiro atoms. The van der Waals surface area contributed by atoms with Crippen LogP contribution in [0.2, 0.25) is 0 Å².